The average Bonchev–Trinajstić information content (AvgIpc) is 2.34. The third-order valence-corrected chi connectivity index (χ3v) is 3.62. The van der Waals surface area contributed by atoms with Crippen molar-refractivity contribution in [2.45, 2.75) is 12.8 Å². The standard InChI is InChI=1S/C12H16BrNO4/c1-6-8(13)4-9(17-2)11(18-3)10(6)7(5-14)12(15)16/h4,7H,5,14H2,1-3H3,(H,15,16). The highest BCUT2D eigenvalue weighted by Gasteiger charge is 2.27. The Hall–Kier alpha value is -1.27. The molecule has 18 heavy (non-hydrogen) atoms. The number of aliphatic carboxylic acids is 1. The van der Waals surface area contributed by atoms with E-state index in [0.29, 0.717) is 17.1 Å². The molecule has 0 fully saturated rings. The predicted molar refractivity (Wildman–Crippen MR) is 71.4 cm³/mol. The van der Waals surface area contributed by atoms with Crippen LogP contribution in [-0.4, -0.2) is 31.8 Å². The maximum atomic E-state index is 11.3. The Balaban J connectivity index is 3.57. The fourth-order valence-corrected chi connectivity index (χ4v) is 2.27. The normalized spacial score (nSPS) is 12.1. The summed E-state index contributed by atoms with van der Waals surface area (Å²) in [6.45, 7) is 1.80. The van der Waals surface area contributed by atoms with Gasteiger partial charge in [-0.25, -0.2) is 0 Å². The molecule has 0 saturated carbocycles. The fraction of sp³-hybridized carbons (Fsp3) is 0.417. The molecule has 0 amide bonds. The molecular formula is C12H16BrNO4. The zero-order chi connectivity index (χ0) is 13.9. The van der Waals surface area contributed by atoms with E-state index in [1.54, 1.807) is 6.07 Å². The highest BCUT2D eigenvalue weighted by atomic mass is 79.9. The van der Waals surface area contributed by atoms with Crippen molar-refractivity contribution in [3.63, 3.8) is 0 Å². The molecule has 0 aromatic heterocycles. The summed E-state index contributed by atoms with van der Waals surface area (Å²) in [6, 6.07) is 1.74. The molecule has 0 radical (unpaired) electrons. The van der Waals surface area contributed by atoms with Crippen molar-refractivity contribution in [3.05, 3.63) is 21.7 Å². The van der Waals surface area contributed by atoms with Crippen LogP contribution >= 0.6 is 15.9 Å². The molecule has 0 aliphatic heterocycles. The van der Waals surface area contributed by atoms with Crippen LogP contribution in [0.25, 0.3) is 0 Å². The molecule has 0 aliphatic carbocycles. The van der Waals surface area contributed by atoms with E-state index >= 15 is 0 Å². The molecule has 1 atom stereocenters. The van der Waals surface area contributed by atoms with E-state index < -0.39 is 11.9 Å². The summed E-state index contributed by atoms with van der Waals surface area (Å²) >= 11 is 3.38. The molecule has 1 unspecified atom stereocenters. The number of carboxylic acid groups (broad SMARTS) is 1. The van der Waals surface area contributed by atoms with Crippen molar-refractivity contribution >= 4 is 21.9 Å². The second-order valence-electron chi connectivity index (χ2n) is 3.76. The number of hydrogen-bond acceptors (Lipinski definition) is 4. The molecule has 1 aromatic rings. The largest absolute Gasteiger partial charge is 0.493 e. The number of carboxylic acids is 1. The first-order chi connectivity index (χ1) is 8.47. The van der Waals surface area contributed by atoms with Crippen LogP contribution < -0.4 is 15.2 Å². The van der Waals surface area contributed by atoms with Crippen LogP contribution in [0.2, 0.25) is 0 Å². The van der Waals surface area contributed by atoms with Crippen LogP contribution in [0, 0.1) is 6.92 Å². The predicted octanol–water partition coefficient (Wildman–Crippen LogP) is 1.90. The van der Waals surface area contributed by atoms with Crippen LogP contribution in [0.5, 0.6) is 11.5 Å². The minimum absolute atomic E-state index is 0.00780. The lowest BCUT2D eigenvalue weighted by molar-refractivity contribution is -0.138. The van der Waals surface area contributed by atoms with Crippen LogP contribution in [0.4, 0.5) is 0 Å². The van der Waals surface area contributed by atoms with Gasteiger partial charge in [0.05, 0.1) is 20.1 Å². The lowest BCUT2D eigenvalue weighted by Gasteiger charge is -2.20. The summed E-state index contributed by atoms with van der Waals surface area (Å²) in [5.41, 5.74) is 6.87. The molecule has 100 valence electrons. The van der Waals surface area contributed by atoms with Gasteiger partial charge in [-0.3, -0.25) is 4.79 Å². The molecule has 0 aliphatic rings. The van der Waals surface area contributed by atoms with Gasteiger partial charge in [0, 0.05) is 16.6 Å². The van der Waals surface area contributed by atoms with Gasteiger partial charge in [0.25, 0.3) is 0 Å². The molecule has 0 saturated heterocycles. The van der Waals surface area contributed by atoms with Gasteiger partial charge in [0.1, 0.15) is 0 Å². The Morgan fingerprint density at radius 2 is 2.11 bits per heavy atom. The summed E-state index contributed by atoms with van der Waals surface area (Å²) in [6.07, 6.45) is 0. The Kier molecular flexibility index (Phi) is 4.98. The van der Waals surface area contributed by atoms with E-state index in [9.17, 15) is 9.90 Å². The third kappa shape index (κ3) is 2.59. The summed E-state index contributed by atoms with van der Waals surface area (Å²) in [4.78, 5) is 11.3. The van der Waals surface area contributed by atoms with Crippen molar-refractivity contribution < 1.29 is 19.4 Å². The highest BCUT2D eigenvalue weighted by Crippen LogP contribution is 2.41. The minimum Gasteiger partial charge on any atom is -0.493 e. The summed E-state index contributed by atoms with van der Waals surface area (Å²) < 4.78 is 11.2. The van der Waals surface area contributed by atoms with E-state index in [-0.39, 0.29) is 6.54 Å². The Morgan fingerprint density at radius 3 is 2.50 bits per heavy atom. The molecule has 1 aromatic carbocycles. The average molecular weight is 318 g/mol. The lowest BCUT2D eigenvalue weighted by atomic mass is 9.93. The second-order valence-corrected chi connectivity index (χ2v) is 4.61. The first kappa shape index (κ1) is 14.8. The van der Waals surface area contributed by atoms with Crippen molar-refractivity contribution in [3.8, 4) is 11.5 Å². The van der Waals surface area contributed by atoms with Gasteiger partial charge >= 0.3 is 5.97 Å². The molecule has 6 heteroatoms. The van der Waals surface area contributed by atoms with Gasteiger partial charge in [-0.15, -0.1) is 0 Å². The first-order valence-corrected chi connectivity index (χ1v) is 6.11. The van der Waals surface area contributed by atoms with Crippen molar-refractivity contribution in [2.75, 3.05) is 20.8 Å². The number of ether oxygens (including phenoxy) is 2. The van der Waals surface area contributed by atoms with Gasteiger partial charge < -0.3 is 20.3 Å². The van der Waals surface area contributed by atoms with Gasteiger partial charge in [0.15, 0.2) is 11.5 Å². The Bertz CT molecular complexity index is 462. The molecule has 3 N–H and O–H groups in total. The van der Waals surface area contributed by atoms with Crippen LogP contribution in [0.1, 0.15) is 17.0 Å². The zero-order valence-electron chi connectivity index (χ0n) is 10.5. The number of rotatable bonds is 5. The summed E-state index contributed by atoms with van der Waals surface area (Å²) in [5.74, 6) is -0.925. The fourth-order valence-electron chi connectivity index (χ4n) is 1.84. The highest BCUT2D eigenvalue weighted by molar-refractivity contribution is 9.10. The van der Waals surface area contributed by atoms with Gasteiger partial charge in [0.2, 0.25) is 0 Å². The van der Waals surface area contributed by atoms with E-state index in [2.05, 4.69) is 15.9 Å². The van der Waals surface area contributed by atoms with Gasteiger partial charge in [-0.1, -0.05) is 15.9 Å². The summed E-state index contributed by atoms with van der Waals surface area (Å²) in [7, 11) is 2.98. The molecule has 5 nitrogen and oxygen atoms in total. The maximum Gasteiger partial charge on any atom is 0.312 e. The van der Waals surface area contributed by atoms with Crippen molar-refractivity contribution in [2.24, 2.45) is 5.73 Å². The smallest absolute Gasteiger partial charge is 0.312 e. The molecule has 0 heterocycles. The second kappa shape index (κ2) is 6.06. The monoisotopic (exact) mass is 317 g/mol. The Labute approximate surface area is 114 Å². The van der Waals surface area contributed by atoms with Gasteiger partial charge in [-0.2, -0.15) is 0 Å². The maximum absolute atomic E-state index is 11.3. The topological polar surface area (TPSA) is 81.8 Å². The third-order valence-electron chi connectivity index (χ3n) is 2.79. The molecule has 0 spiro atoms. The van der Waals surface area contributed by atoms with E-state index in [1.807, 2.05) is 6.92 Å². The van der Waals surface area contributed by atoms with Crippen LogP contribution in [0.3, 0.4) is 0 Å². The lowest BCUT2D eigenvalue weighted by Crippen LogP contribution is -2.23. The summed E-state index contributed by atoms with van der Waals surface area (Å²) in [5, 5.41) is 9.23. The molecular weight excluding hydrogens is 302 g/mol. The SMILES string of the molecule is COc1cc(Br)c(C)c(C(CN)C(=O)O)c1OC. The van der Waals surface area contributed by atoms with Crippen molar-refractivity contribution in [1.82, 2.24) is 0 Å². The zero-order valence-corrected chi connectivity index (χ0v) is 12.1. The minimum atomic E-state index is -0.987. The van der Waals surface area contributed by atoms with E-state index in [0.717, 1.165) is 10.0 Å². The number of halogens is 1. The first-order valence-electron chi connectivity index (χ1n) is 5.31. The van der Waals surface area contributed by atoms with Gasteiger partial charge in [-0.05, 0) is 18.6 Å². The number of hydrogen-bond donors (Lipinski definition) is 2. The Morgan fingerprint density at radius 1 is 1.50 bits per heavy atom. The van der Waals surface area contributed by atoms with Crippen LogP contribution in [0.15, 0.2) is 10.5 Å². The molecule has 1 rings (SSSR count). The number of nitrogens with two attached hydrogens (primary N) is 1. The molecule has 0 bridgehead atoms. The number of carbonyl (C=O) groups is 1. The van der Waals surface area contributed by atoms with E-state index in [4.69, 9.17) is 15.2 Å². The number of benzene rings is 1. The number of methoxy groups -OCH3 is 2. The van der Waals surface area contributed by atoms with Crippen molar-refractivity contribution in [1.29, 1.82) is 0 Å². The van der Waals surface area contributed by atoms with E-state index in [1.165, 1.54) is 14.2 Å². The van der Waals surface area contributed by atoms with Crippen LogP contribution in [-0.2, 0) is 4.79 Å². The quantitative estimate of drug-likeness (QED) is 0.866.